The molecule has 23 heavy (non-hydrogen) atoms. The number of methoxy groups -OCH3 is 1. The van der Waals surface area contributed by atoms with Gasteiger partial charge in [-0.25, -0.2) is 8.42 Å². The average Bonchev–Trinajstić information content (AvgIpc) is 3.38. The molecular formula is C17H23NO4S. The summed E-state index contributed by atoms with van der Waals surface area (Å²) in [6.45, 7) is 2.13. The van der Waals surface area contributed by atoms with E-state index in [1.165, 1.54) is 7.11 Å². The van der Waals surface area contributed by atoms with Crippen LogP contribution in [0.3, 0.4) is 0 Å². The molecule has 2 saturated heterocycles. The van der Waals surface area contributed by atoms with Crippen LogP contribution >= 0.6 is 0 Å². The lowest BCUT2D eigenvalue weighted by Gasteiger charge is -2.58. The Morgan fingerprint density at radius 2 is 1.91 bits per heavy atom. The lowest BCUT2D eigenvalue weighted by molar-refractivity contribution is -0.101. The lowest BCUT2D eigenvalue weighted by atomic mass is 9.66. The Hall–Kier alpha value is -1.11. The molecule has 1 spiro atoms. The second kappa shape index (κ2) is 5.46. The third kappa shape index (κ3) is 2.39. The third-order valence-electron chi connectivity index (χ3n) is 5.62. The highest BCUT2D eigenvalue weighted by atomic mass is 32.2. The maximum Gasteiger partial charge on any atom is 0.247 e. The molecular weight excluding hydrogens is 314 g/mol. The summed E-state index contributed by atoms with van der Waals surface area (Å²) in [6.07, 6.45) is 4.24. The maximum absolute atomic E-state index is 13.2. The molecule has 0 bridgehead atoms. The molecule has 0 amide bonds. The Kier molecular flexibility index (Phi) is 3.66. The molecule has 1 unspecified atom stereocenters. The fourth-order valence-corrected chi connectivity index (χ4v) is 6.30. The molecule has 1 aliphatic carbocycles. The van der Waals surface area contributed by atoms with E-state index in [2.05, 4.69) is 0 Å². The number of hydrogen-bond donors (Lipinski definition) is 0. The highest BCUT2D eigenvalue weighted by Crippen LogP contribution is 2.56. The van der Waals surface area contributed by atoms with Crippen LogP contribution in [0.5, 0.6) is 5.75 Å². The van der Waals surface area contributed by atoms with Crippen molar-refractivity contribution in [3.8, 4) is 5.75 Å². The number of para-hydroxylation sites is 1. The summed E-state index contributed by atoms with van der Waals surface area (Å²) in [5.41, 5.74) is 0.133. The topological polar surface area (TPSA) is 55.8 Å². The average molecular weight is 337 g/mol. The summed E-state index contributed by atoms with van der Waals surface area (Å²) in [7, 11) is -1.99. The second-order valence-electron chi connectivity index (χ2n) is 6.96. The van der Waals surface area contributed by atoms with E-state index in [9.17, 15) is 8.42 Å². The van der Waals surface area contributed by atoms with Gasteiger partial charge in [0, 0.05) is 31.2 Å². The van der Waals surface area contributed by atoms with Crippen LogP contribution in [0.15, 0.2) is 29.2 Å². The van der Waals surface area contributed by atoms with Crippen molar-refractivity contribution in [2.75, 3.05) is 26.9 Å². The predicted octanol–water partition coefficient (Wildman–Crippen LogP) is 2.27. The molecule has 1 atom stereocenters. The molecule has 1 aromatic rings. The Bertz CT molecular complexity index is 692. The van der Waals surface area contributed by atoms with E-state index in [0.717, 1.165) is 38.9 Å². The van der Waals surface area contributed by atoms with E-state index < -0.39 is 10.0 Å². The first-order valence-electron chi connectivity index (χ1n) is 8.31. The number of nitrogens with zero attached hydrogens (tertiary/aromatic N) is 1. The first-order valence-corrected chi connectivity index (χ1v) is 9.75. The van der Waals surface area contributed by atoms with Crippen LogP contribution < -0.4 is 4.74 Å². The molecule has 6 heteroatoms. The van der Waals surface area contributed by atoms with E-state index >= 15 is 0 Å². The summed E-state index contributed by atoms with van der Waals surface area (Å²) in [5, 5.41) is 0. The van der Waals surface area contributed by atoms with Crippen molar-refractivity contribution in [1.29, 1.82) is 0 Å². The Labute approximate surface area is 137 Å². The van der Waals surface area contributed by atoms with Gasteiger partial charge in [-0.1, -0.05) is 12.1 Å². The minimum absolute atomic E-state index is 0.133. The van der Waals surface area contributed by atoms with Gasteiger partial charge in [-0.05, 0) is 43.7 Å². The van der Waals surface area contributed by atoms with Gasteiger partial charge in [-0.3, -0.25) is 0 Å². The van der Waals surface area contributed by atoms with Gasteiger partial charge in [0.1, 0.15) is 10.6 Å². The second-order valence-corrected chi connectivity index (χ2v) is 8.82. The van der Waals surface area contributed by atoms with Gasteiger partial charge in [0.05, 0.1) is 7.11 Å². The van der Waals surface area contributed by atoms with Crippen molar-refractivity contribution in [2.24, 2.45) is 11.3 Å². The summed E-state index contributed by atoms with van der Waals surface area (Å²) >= 11 is 0. The van der Waals surface area contributed by atoms with Gasteiger partial charge in [0.15, 0.2) is 0 Å². The minimum atomic E-state index is -3.51. The van der Waals surface area contributed by atoms with E-state index in [-0.39, 0.29) is 16.4 Å². The van der Waals surface area contributed by atoms with E-state index in [4.69, 9.17) is 9.47 Å². The number of rotatable bonds is 4. The number of benzene rings is 1. The minimum Gasteiger partial charge on any atom is -0.495 e. The predicted molar refractivity (Wildman–Crippen MR) is 85.9 cm³/mol. The zero-order valence-electron chi connectivity index (χ0n) is 13.4. The first kappa shape index (κ1) is 15.4. The zero-order valence-corrected chi connectivity index (χ0v) is 14.2. The highest BCUT2D eigenvalue weighted by molar-refractivity contribution is 7.89. The lowest BCUT2D eigenvalue weighted by Crippen LogP contribution is -2.68. The van der Waals surface area contributed by atoms with Gasteiger partial charge < -0.3 is 9.47 Å². The molecule has 2 heterocycles. The van der Waals surface area contributed by atoms with Crippen LogP contribution in [0.1, 0.15) is 25.7 Å². The van der Waals surface area contributed by atoms with E-state index in [1.54, 1.807) is 28.6 Å². The van der Waals surface area contributed by atoms with Crippen molar-refractivity contribution in [1.82, 2.24) is 4.31 Å². The summed E-state index contributed by atoms with van der Waals surface area (Å²) < 4.78 is 38.9. The Morgan fingerprint density at radius 3 is 2.57 bits per heavy atom. The summed E-state index contributed by atoms with van der Waals surface area (Å²) in [4.78, 5) is 0.287. The van der Waals surface area contributed by atoms with Crippen LogP contribution in [0, 0.1) is 11.3 Å². The standard InChI is InChI=1S/C17H23NO4S/c1-21-14-4-2-3-5-15(14)23(19,20)18-12-17(8-10-22-11-9-17)16(18)13-6-7-13/h2-5,13,16H,6-12H2,1H3. The van der Waals surface area contributed by atoms with E-state index in [1.807, 2.05) is 0 Å². The maximum atomic E-state index is 13.2. The van der Waals surface area contributed by atoms with Gasteiger partial charge in [-0.2, -0.15) is 4.31 Å². The van der Waals surface area contributed by atoms with E-state index in [0.29, 0.717) is 18.2 Å². The molecule has 126 valence electrons. The summed E-state index contributed by atoms with van der Waals surface area (Å²) in [5.74, 6) is 0.946. The molecule has 0 radical (unpaired) electrons. The zero-order chi connectivity index (χ0) is 16.1. The van der Waals surface area contributed by atoms with Crippen molar-refractivity contribution < 1.29 is 17.9 Å². The molecule has 3 fully saturated rings. The smallest absolute Gasteiger partial charge is 0.247 e. The monoisotopic (exact) mass is 337 g/mol. The van der Waals surface area contributed by atoms with Crippen molar-refractivity contribution >= 4 is 10.0 Å². The molecule has 0 N–H and O–H groups in total. The van der Waals surface area contributed by atoms with Gasteiger partial charge in [-0.15, -0.1) is 0 Å². The number of ether oxygens (including phenoxy) is 2. The van der Waals surface area contributed by atoms with Crippen molar-refractivity contribution in [2.45, 2.75) is 36.6 Å². The normalized spacial score (nSPS) is 27.6. The fourth-order valence-electron chi connectivity index (χ4n) is 4.27. The van der Waals surface area contributed by atoms with Crippen LogP contribution in [-0.4, -0.2) is 45.6 Å². The van der Waals surface area contributed by atoms with Crippen LogP contribution in [0.4, 0.5) is 0 Å². The highest BCUT2D eigenvalue weighted by Gasteiger charge is 2.61. The molecule has 5 nitrogen and oxygen atoms in total. The van der Waals surface area contributed by atoms with Gasteiger partial charge in [0.2, 0.25) is 10.0 Å². The third-order valence-corrected chi connectivity index (χ3v) is 7.49. The first-order chi connectivity index (χ1) is 11.1. The number of sulfonamides is 1. The summed E-state index contributed by atoms with van der Waals surface area (Å²) in [6, 6.07) is 7.05. The SMILES string of the molecule is COc1ccccc1S(=O)(=O)N1CC2(CCOCC2)C1C1CC1. The van der Waals surface area contributed by atoms with Crippen LogP contribution in [0.2, 0.25) is 0 Å². The van der Waals surface area contributed by atoms with Gasteiger partial charge >= 0.3 is 0 Å². The fraction of sp³-hybridized carbons (Fsp3) is 0.647. The van der Waals surface area contributed by atoms with Gasteiger partial charge in [0.25, 0.3) is 0 Å². The largest absolute Gasteiger partial charge is 0.495 e. The number of hydrogen-bond acceptors (Lipinski definition) is 4. The quantitative estimate of drug-likeness (QED) is 0.846. The molecule has 4 rings (SSSR count). The van der Waals surface area contributed by atoms with Crippen molar-refractivity contribution in [3.63, 3.8) is 0 Å². The van der Waals surface area contributed by atoms with Crippen LogP contribution in [0.25, 0.3) is 0 Å². The van der Waals surface area contributed by atoms with Crippen molar-refractivity contribution in [3.05, 3.63) is 24.3 Å². The Balaban J connectivity index is 1.67. The Morgan fingerprint density at radius 1 is 1.22 bits per heavy atom. The molecule has 0 aromatic heterocycles. The molecule has 2 aliphatic heterocycles. The molecule has 1 saturated carbocycles. The molecule has 1 aromatic carbocycles. The molecule has 3 aliphatic rings. The van der Waals surface area contributed by atoms with Crippen LogP contribution in [-0.2, 0) is 14.8 Å².